The summed E-state index contributed by atoms with van der Waals surface area (Å²) in [5.74, 6) is 0.989. The van der Waals surface area contributed by atoms with Crippen molar-refractivity contribution in [2.75, 3.05) is 17.7 Å². The van der Waals surface area contributed by atoms with Crippen LogP contribution in [0.4, 0.5) is 11.4 Å². The molecule has 0 radical (unpaired) electrons. The number of amides is 3. The van der Waals surface area contributed by atoms with Crippen molar-refractivity contribution in [2.45, 2.75) is 32.1 Å². The average molecular weight is 439 g/mol. The van der Waals surface area contributed by atoms with Crippen molar-refractivity contribution in [1.29, 1.82) is 0 Å². The number of carbonyl (C=O) groups excluding carboxylic acids is 3. The maximum Gasteiger partial charge on any atom is 0.259 e. The highest BCUT2D eigenvalue weighted by Gasteiger charge is 2.18. The van der Waals surface area contributed by atoms with Crippen LogP contribution in [-0.2, 0) is 9.59 Å². The Hall–Kier alpha value is -4.03. The summed E-state index contributed by atoms with van der Waals surface area (Å²) in [5.41, 5.74) is 2.79. The van der Waals surface area contributed by atoms with Gasteiger partial charge in [0, 0.05) is 30.2 Å². The molecule has 9 heteroatoms. The molecule has 0 aliphatic heterocycles. The molecule has 32 heavy (non-hydrogen) atoms. The number of terminal acetylenes is 1. The van der Waals surface area contributed by atoms with Crippen LogP contribution in [0.2, 0.25) is 0 Å². The molecule has 0 fully saturated rings. The first-order valence-electron chi connectivity index (χ1n) is 9.89. The Bertz CT molecular complexity index is 1030. The Morgan fingerprint density at radius 2 is 1.75 bits per heavy atom. The van der Waals surface area contributed by atoms with Crippen LogP contribution in [0.1, 0.15) is 48.0 Å². The molecule has 168 valence electrons. The van der Waals surface area contributed by atoms with Crippen LogP contribution in [0.25, 0.3) is 0 Å². The van der Waals surface area contributed by atoms with Gasteiger partial charge in [0.1, 0.15) is 11.5 Å². The van der Waals surface area contributed by atoms with E-state index in [2.05, 4.69) is 16.6 Å². The maximum atomic E-state index is 12.7. The van der Waals surface area contributed by atoms with Crippen molar-refractivity contribution in [3.05, 3.63) is 47.5 Å². The zero-order valence-electron chi connectivity index (χ0n) is 17.6. The second-order valence-electron chi connectivity index (χ2n) is 6.89. The predicted molar refractivity (Wildman–Crippen MR) is 119 cm³/mol. The van der Waals surface area contributed by atoms with Crippen molar-refractivity contribution < 1.29 is 29.4 Å². The number of unbranched alkanes of at least 4 members (excludes halogenated alkanes) is 2. The number of benzene rings is 2. The molecule has 0 atom stereocenters. The summed E-state index contributed by atoms with van der Waals surface area (Å²) in [6.45, 7) is 0. The van der Waals surface area contributed by atoms with Gasteiger partial charge in [0.05, 0.1) is 18.4 Å². The van der Waals surface area contributed by atoms with Gasteiger partial charge < -0.3 is 20.5 Å². The fraction of sp³-hybridized carbons (Fsp3) is 0.261. The van der Waals surface area contributed by atoms with Gasteiger partial charge in [-0.1, -0.05) is 18.4 Å². The van der Waals surface area contributed by atoms with Crippen molar-refractivity contribution in [3.8, 4) is 23.8 Å². The molecule has 0 bridgehead atoms. The molecular weight excluding hydrogens is 414 g/mol. The van der Waals surface area contributed by atoms with Crippen LogP contribution in [-0.4, -0.2) is 35.1 Å². The van der Waals surface area contributed by atoms with E-state index in [1.165, 1.54) is 19.2 Å². The summed E-state index contributed by atoms with van der Waals surface area (Å²) in [7, 11) is 1.38. The molecule has 0 spiro atoms. The molecule has 0 aliphatic carbocycles. The van der Waals surface area contributed by atoms with E-state index in [-0.39, 0.29) is 41.5 Å². The molecule has 9 nitrogen and oxygen atoms in total. The highest BCUT2D eigenvalue weighted by molar-refractivity contribution is 6.07. The molecular formula is C23H25N3O6. The minimum Gasteiger partial charge on any atom is -0.507 e. The van der Waals surface area contributed by atoms with Crippen LogP contribution in [0.3, 0.4) is 0 Å². The number of hydrogen-bond donors (Lipinski definition) is 5. The lowest BCUT2D eigenvalue weighted by Gasteiger charge is -2.14. The first-order valence-corrected chi connectivity index (χ1v) is 9.89. The molecule has 0 aliphatic rings. The molecule has 2 aromatic carbocycles. The number of hydroxylamine groups is 1. The Morgan fingerprint density at radius 1 is 1.03 bits per heavy atom. The highest BCUT2D eigenvalue weighted by Crippen LogP contribution is 2.33. The Kier molecular flexibility index (Phi) is 9.07. The van der Waals surface area contributed by atoms with Crippen LogP contribution in [0.15, 0.2) is 36.4 Å². The monoisotopic (exact) mass is 439 g/mol. The van der Waals surface area contributed by atoms with E-state index in [9.17, 15) is 19.5 Å². The zero-order valence-corrected chi connectivity index (χ0v) is 17.6. The summed E-state index contributed by atoms with van der Waals surface area (Å²) in [6.07, 6.45) is 7.42. The lowest BCUT2D eigenvalue weighted by molar-refractivity contribution is -0.129. The van der Waals surface area contributed by atoms with Gasteiger partial charge in [-0.2, -0.15) is 0 Å². The predicted octanol–water partition coefficient (Wildman–Crippen LogP) is 3.03. The number of phenols is 1. The first-order chi connectivity index (χ1) is 15.4. The summed E-state index contributed by atoms with van der Waals surface area (Å²) < 4.78 is 5.20. The van der Waals surface area contributed by atoms with E-state index in [4.69, 9.17) is 16.4 Å². The Morgan fingerprint density at radius 3 is 2.41 bits per heavy atom. The minimum atomic E-state index is -0.586. The molecule has 0 aromatic heterocycles. The quantitative estimate of drug-likeness (QED) is 0.127. The largest absolute Gasteiger partial charge is 0.507 e. The number of hydrogen-bond acceptors (Lipinski definition) is 6. The minimum absolute atomic E-state index is 0.0535. The maximum absolute atomic E-state index is 12.7. The van der Waals surface area contributed by atoms with Gasteiger partial charge in [-0.15, -0.1) is 6.42 Å². The van der Waals surface area contributed by atoms with Crippen molar-refractivity contribution in [1.82, 2.24) is 5.48 Å². The second kappa shape index (κ2) is 12.0. The van der Waals surface area contributed by atoms with Gasteiger partial charge >= 0.3 is 0 Å². The first kappa shape index (κ1) is 24.2. The van der Waals surface area contributed by atoms with Crippen LogP contribution in [0, 0.1) is 12.3 Å². The third-order valence-corrected chi connectivity index (χ3v) is 4.56. The summed E-state index contributed by atoms with van der Waals surface area (Å²) in [6, 6.07) is 9.27. The van der Waals surface area contributed by atoms with Crippen molar-refractivity contribution in [2.24, 2.45) is 0 Å². The van der Waals surface area contributed by atoms with Gasteiger partial charge in [-0.3, -0.25) is 19.6 Å². The van der Waals surface area contributed by atoms with Gasteiger partial charge in [0.2, 0.25) is 11.8 Å². The van der Waals surface area contributed by atoms with E-state index in [0.29, 0.717) is 30.5 Å². The van der Waals surface area contributed by atoms with Gasteiger partial charge in [-0.25, -0.2) is 5.48 Å². The van der Waals surface area contributed by atoms with E-state index >= 15 is 0 Å². The van der Waals surface area contributed by atoms with E-state index < -0.39 is 11.8 Å². The second-order valence-corrected chi connectivity index (χ2v) is 6.89. The molecule has 0 heterocycles. The zero-order chi connectivity index (χ0) is 23.5. The number of carbonyl (C=O) groups is 3. The molecule has 0 saturated heterocycles. The fourth-order valence-corrected chi connectivity index (χ4v) is 2.92. The molecule has 0 saturated carbocycles. The highest BCUT2D eigenvalue weighted by atomic mass is 16.5. The van der Waals surface area contributed by atoms with Crippen LogP contribution < -0.4 is 20.9 Å². The number of nitrogens with one attached hydrogen (secondary N) is 3. The molecule has 0 unspecified atom stereocenters. The average Bonchev–Trinajstić information content (AvgIpc) is 2.79. The number of ether oxygens (including phenoxy) is 1. The lowest BCUT2D eigenvalue weighted by Crippen LogP contribution is -2.18. The van der Waals surface area contributed by atoms with Crippen LogP contribution in [0.5, 0.6) is 11.5 Å². The van der Waals surface area contributed by atoms with Gasteiger partial charge in [-0.05, 0) is 37.1 Å². The number of aromatic hydroxyl groups is 1. The standard InChI is InChI=1S/C23H25N3O6/c1-3-15-8-7-9-16(12-15)24-23(30)17-13-18(20(32-2)14-19(17)27)25-21(28)10-5-4-6-11-22(29)26-31/h1,7-9,12-14,27,31H,4-6,10-11H2,2H3,(H,24,30)(H,25,28)(H,26,29). The Labute approximate surface area is 185 Å². The summed E-state index contributed by atoms with van der Waals surface area (Å²) >= 11 is 0. The van der Waals surface area contributed by atoms with Gasteiger partial charge in [0.15, 0.2) is 0 Å². The number of anilines is 2. The number of methoxy groups -OCH3 is 1. The molecule has 5 N–H and O–H groups in total. The SMILES string of the molecule is C#Cc1cccc(NC(=O)c2cc(NC(=O)CCCCCC(=O)NO)c(OC)cc2O)c1. The molecule has 2 rings (SSSR count). The van der Waals surface area contributed by atoms with E-state index in [0.717, 1.165) is 0 Å². The van der Waals surface area contributed by atoms with Crippen molar-refractivity contribution in [3.63, 3.8) is 0 Å². The molecule has 2 aromatic rings. The third kappa shape index (κ3) is 7.04. The summed E-state index contributed by atoms with van der Waals surface area (Å²) in [5, 5.41) is 24.0. The third-order valence-electron chi connectivity index (χ3n) is 4.56. The molecule has 3 amide bonds. The number of rotatable bonds is 10. The normalized spacial score (nSPS) is 10.0. The van der Waals surface area contributed by atoms with Crippen molar-refractivity contribution >= 4 is 29.1 Å². The number of phenolic OH excluding ortho intramolecular Hbond substituents is 1. The topological polar surface area (TPSA) is 137 Å². The summed E-state index contributed by atoms with van der Waals surface area (Å²) in [4.78, 5) is 35.9. The van der Waals surface area contributed by atoms with Gasteiger partial charge in [0.25, 0.3) is 5.91 Å². The fourth-order valence-electron chi connectivity index (χ4n) is 2.92. The smallest absolute Gasteiger partial charge is 0.259 e. The van der Waals surface area contributed by atoms with E-state index in [1.807, 2.05) is 0 Å². The van der Waals surface area contributed by atoms with Crippen LogP contribution >= 0.6 is 0 Å². The lowest BCUT2D eigenvalue weighted by atomic mass is 10.1. The van der Waals surface area contributed by atoms with E-state index in [1.54, 1.807) is 29.7 Å². The Balaban J connectivity index is 2.05.